The van der Waals surface area contributed by atoms with Gasteiger partial charge < -0.3 is 4.98 Å². The fourth-order valence-electron chi connectivity index (χ4n) is 2.34. The summed E-state index contributed by atoms with van der Waals surface area (Å²) in [6.45, 7) is 2.07. The molecule has 0 aliphatic carbocycles. The van der Waals surface area contributed by atoms with Crippen LogP contribution >= 0.6 is 0 Å². The lowest BCUT2D eigenvalue weighted by Gasteiger charge is -2.07. The molecule has 1 unspecified atom stereocenters. The monoisotopic (exact) mass is 300 g/mol. The fourth-order valence-corrected chi connectivity index (χ4v) is 2.99. The third kappa shape index (κ3) is 2.69. The Hall–Kier alpha value is -2.14. The molecule has 3 aromatic rings. The quantitative estimate of drug-likeness (QED) is 0.808. The van der Waals surface area contributed by atoms with Gasteiger partial charge in [-0.05, 0) is 23.8 Å². The summed E-state index contributed by atoms with van der Waals surface area (Å²) >= 11 is 0. The average molecular weight is 300 g/mol. The van der Waals surface area contributed by atoms with Gasteiger partial charge in [0, 0.05) is 12.2 Å². The zero-order valence-corrected chi connectivity index (χ0v) is 12.7. The number of rotatable bonds is 3. The molecule has 108 valence electrons. The molecule has 0 radical (unpaired) electrons. The number of aromatic nitrogens is 2. The predicted octanol–water partition coefficient (Wildman–Crippen LogP) is 3.12. The van der Waals surface area contributed by atoms with Crippen LogP contribution in [0.5, 0.6) is 0 Å². The Labute approximate surface area is 123 Å². The van der Waals surface area contributed by atoms with Gasteiger partial charge >= 0.3 is 0 Å². The second kappa shape index (κ2) is 5.00. The highest BCUT2D eigenvalue weighted by molar-refractivity contribution is 7.90. The van der Waals surface area contributed by atoms with Crippen LogP contribution in [0.2, 0.25) is 0 Å². The third-order valence-electron chi connectivity index (χ3n) is 3.61. The van der Waals surface area contributed by atoms with E-state index in [0.717, 1.165) is 16.9 Å². The average Bonchev–Trinajstić information content (AvgIpc) is 2.89. The molecule has 5 heteroatoms. The highest BCUT2D eigenvalue weighted by Gasteiger charge is 2.14. The molecule has 0 spiro atoms. The molecule has 0 fully saturated rings. The Morgan fingerprint density at radius 3 is 2.48 bits per heavy atom. The van der Waals surface area contributed by atoms with Gasteiger partial charge in [-0.1, -0.05) is 37.3 Å². The van der Waals surface area contributed by atoms with Gasteiger partial charge in [0.2, 0.25) is 0 Å². The molecule has 1 N–H and O–H groups in total. The van der Waals surface area contributed by atoms with Crippen molar-refractivity contribution in [3.8, 4) is 0 Å². The molecule has 0 bridgehead atoms. The summed E-state index contributed by atoms with van der Waals surface area (Å²) in [6, 6.07) is 15.1. The summed E-state index contributed by atoms with van der Waals surface area (Å²) in [5.74, 6) is 0.960. The maximum atomic E-state index is 11.6. The number of nitrogens with one attached hydrogen (secondary N) is 1. The molecule has 21 heavy (non-hydrogen) atoms. The lowest BCUT2D eigenvalue weighted by atomic mass is 10.0. The van der Waals surface area contributed by atoms with Crippen molar-refractivity contribution >= 4 is 20.9 Å². The first-order valence-corrected chi connectivity index (χ1v) is 8.59. The molecule has 4 nitrogen and oxygen atoms in total. The molecule has 1 aromatic heterocycles. The first kappa shape index (κ1) is 13.8. The van der Waals surface area contributed by atoms with E-state index in [4.69, 9.17) is 0 Å². The zero-order valence-electron chi connectivity index (χ0n) is 11.9. The Morgan fingerprint density at radius 2 is 1.81 bits per heavy atom. The lowest BCUT2D eigenvalue weighted by Crippen LogP contribution is -1.97. The minimum Gasteiger partial charge on any atom is -0.341 e. The van der Waals surface area contributed by atoms with Gasteiger partial charge in [-0.3, -0.25) is 0 Å². The molecule has 1 atom stereocenters. The Kier molecular flexibility index (Phi) is 3.29. The van der Waals surface area contributed by atoms with Crippen LogP contribution < -0.4 is 0 Å². The van der Waals surface area contributed by atoms with Crippen molar-refractivity contribution in [2.75, 3.05) is 6.26 Å². The van der Waals surface area contributed by atoms with E-state index in [-0.39, 0.29) is 5.92 Å². The van der Waals surface area contributed by atoms with E-state index in [1.807, 2.05) is 18.2 Å². The predicted molar refractivity (Wildman–Crippen MR) is 83.2 cm³/mol. The molecule has 0 aliphatic heterocycles. The van der Waals surface area contributed by atoms with Crippen LogP contribution in [0.1, 0.15) is 24.2 Å². The molecule has 0 saturated carbocycles. The summed E-state index contributed by atoms with van der Waals surface area (Å²) in [7, 11) is -3.21. The van der Waals surface area contributed by atoms with Crippen molar-refractivity contribution in [3.63, 3.8) is 0 Å². The molecule has 0 aliphatic rings. The molecule has 0 saturated heterocycles. The Morgan fingerprint density at radius 1 is 1.10 bits per heavy atom. The van der Waals surface area contributed by atoms with Crippen LogP contribution in [-0.4, -0.2) is 24.6 Å². The maximum absolute atomic E-state index is 11.6. The van der Waals surface area contributed by atoms with E-state index >= 15 is 0 Å². The summed E-state index contributed by atoms with van der Waals surface area (Å²) in [5, 5.41) is 0. The smallest absolute Gasteiger partial charge is 0.175 e. The normalized spacial score (nSPS) is 13.4. The number of imidazole rings is 1. The van der Waals surface area contributed by atoms with E-state index in [2.05, 4.69) is 29.0 Å². The maximum Gasteiger partial charge on any atom is 0.175 e. The van der Waals surface area contributed by atoms with Gasteiger partial charge in [0.15, 0.2) is 9.84 Å². The van der Waals surface area contributed by atoms with Crippen molar-refractivity contribution in [2.45, 2.75) is 17.7 Å². The molecular weight excluding hydrogens is 284 g/mol. The van der Waals surface area contributed by atoms with Crippen LogP contribution in [0.15, 0.2) is 53.4 Å². The SMILES string of the molecule is CC(c1ccccc1)c1nc2ccc(S(C)(=O)=O)cc2[nH]1. The van der Waals surface area contributed by atoms with Gasteiger partial charge in [0.25, 0.3) is 0 Å². The van der Waals surface area contributed by atoms with Crippen LogP contribution in [-0.2, 0) is 9.84 Å². The van der Waals surface area contributed by atoms with Crippen LogP contribution in [0.3, 0.4) is 0 Å². The van der Waals surface area contributed by atoms with Crippen LogP contribution in [0.25, 0.3) is 11.0 Å². The van der Waals surface area contributed by atoms with E-state index < -0.39 is 9.84 Å². The number of fused-ring (bicyclic) bond motifs is 1. The molecular formula is C16H16N2O2S. The van der Waals surface area contributed by atoms with Gasteiger partial charge in [-0.25, -0.2) is 13.4 Å². The summed E-state index contributed by atoms with van der Waals surface area (Å²) in [6.07, 6.45) is 1.21. The Bertz CT molecular complexity index is 883. The molecule has 3 rings (SSSR count). The van der Waals surface area contributed by atoms with Crippen molar-refractivity contribution in [3.05, 3.63) is 59.9 Å². The van der Waals surface area contributed by atoms with Gasteiger partial charge in [-0.15, -0.1) is 0 Å². The largest absolute Gasteiger partial charge is 0.341 e. The molecule has 2 aromatic carbocycles. The van der Waals surface area contributed by atoms with E-state index in [1.165, 1.54) is 11.8 Å². The fraction of sp³-hybridized carbons (Fsp3) is 0.188. The highest BCUT2D eigenvalue weighted by Crippen LogP contribution is 2.25. The number of nitrogens with zero attached hydrogens (tertiary/aromatic N) is 1. The highest BCUT2D eigenvalue weighted by atomic mass is 32.2. The van der Waals surface area contributed by atoms with Gasteiger partial charge in [0.1, 0.15) is 5.82 Å². The number of sulfone groups is 1. The summed E-state index contributed by atoms with van der Waals surface area (Å²) in [5.41, 5.74) is 2.69. The van der Waals surface area contributed by atoms with Crippen molar-refractivity contribution < 1.29 is 8.42 Å². The third-order valence-corrected chi connectivity index (χ3v) is 4.72. The zero-order chi connectivity index (χ0) is 15.0. The van der Waals surface area contributed by atoms with Crippen LogP contribution in [0, 0.1) is 0 Å². The van der Waals surface area contributed by atoms with E-state index in [9.17, 15) is 8.42 Å². The molecule has 1 heterocycles. The minimum absolute atomic E-state index is 0.125. The van der Waals surface area contributed by atoms with Crippen LogP contribution in [0.4, 0.5) is 0 Å². The first-order valence-electron chi connectivity index (χ1n) is 6.70. The number of hydrogen-bond donors (Lipinski definition) is 1. The standard InChI is InChI=1S/C16H16N2O2S/c1-11(12-6-4-3-5-7-12)16-17-14-9-8-13(21(2,19)20)10-15(14)18-16/h3-11H,1-2H3,(H,17,18). The number of hydrogen-bond acceptors (Lipinski definition) is 3. The molecule has 0 amide bonds. The summed E-state index contributed by atoms with van der Waals surface area (Å²) < 4.78 is 23.2. The van der Waals surface area contributed by atoms with Gasteiger partial charge in [0.05, 0.1) is 15.9 Å². The summed E-state index contributed by atoms with van der Waals surface area (Å²) in [4.78, 5) is 8.10. The number of benzene rings is 2. The second-order valence-corrected chi connectivity index (χ2v) is 7.22. The lowest BCUT2D eigenvalue weighted by molar-refractivity contribution is 0.602. The van der Waals surface area contributed by atoms with Crippen molar-refractivity contribution in [1.29, 1.82) is 0 Å². The van der Waals surface area contributed by atoms with E-state index in [1.54, 1.807) is 18.2 Å². The van der Waals surface area contributed by atoms with E-state index in [0.29, 0.717) is 4.90 Å². The first-order chi connectivity index (χ1) is 9.95. The second-order valence-electron chi connectivity index (χ2n) is 5.21. The number of aromatic amines is 1. The Balaban J connectivity index is 2.06. The minimum atomic E-state index is -3.21. The van der Waals surface area contributed by atoms with Gasteiger partial charge in [-0.2, -0.15) is 0 Å². The topological polar surface area (TPSA) is 62.8 Å². The van der Waals surface area contributed by atoms with Crippen molar-refractivity contribution in [2.24, 2.45) is 0 Å². The number of H-pyrrole nitrogens is 1. The van der Waals surface area contributed by atoms with Crippen molar-refractivity contribution in [1.82, 2.24) is 9.97 Å².